The molecule has 5 nitrogen and oxygen atoms in total. The lowest BCUT2D eigenvalue weighted by Crippen LogP contribution is -2.57. The van der Waals surface area contributed by atoms with Gasteiger partial charge in [0.15, 0.2) is 0 Å². The Labute approximate surface area is 190 Å². The van der Waals surface area contributed by atoms with E-state index < -0.39 is 0 Å². The molecule has 2 saturated heterocycles. The second-order valence-electron chi connectivity index (χ2n) is 8.64. The van der Waals surface area contributed by atoms with Crippen molar-refractivity contribution in [3.8, 4) is 5.75 Å². The second-order valence-corrected chi connectivity index (χ2v) is 9.07. The van der Waals surface area contributed by atoms with Crippen molar-refractivity contribution in [2.24, 2.45) is 5.73 Å². The number of hydrogen-bond donors (Lipinski definition) is 1. The van der Waals surface area contributed by atoms with E-state index in [-0.39, 0.29) is 5.91 Å². The molecule has 2 atom stereocenters. The molecule has 2 aromatic carbocycles. The van der Waals surface area contributed by atoms with Crippen molar-refractivity contribution in [2.75, 3.05) is 32.8 Å². The molecule has 2 fully saturated rings. The molecule has 2 aliphatic heterocycles. The summed E-state index contributed by atoms with van der Waals surface area (Å²) in [6, 6.07) is 12.3. The molecule has 0 aromatic heterocycles. The van der Waals surface area contributed by atoms with Crippen LogP contribution in [0.2, 0.25) is 5.02 Å². The highest BCUT2D eigenvalue weighted by molar-refractivity contribution is 6.30. The second kappa shape index (κ2) is 9.60. The summed E-state index contributed by atoms with van der Waals surface area (Å²) < 4.78 is 5.81. The largest absolute Gasteiger partial charge is 0.492 e. The molecular formula is C25H32ClN3O2. The highest BCUT2D eigenvalue weighted by Gasteiger charge is 2.37. The third kappa shape index (κ3) is 4.59. The van der Waals surface area contributed by atoms with Gasteiger partial charge in [0.25, 0.3) is 5.91 Å². The number of ether oxygens (including phenoxy) is 1. The Morgan fingerprint density at radius 3 is 2.61 bits per heavy atom. The molecule has 0 bridgehead atoms. The van der Waals surface area contributed by atoms with Crippen LogP contribution < -0.4 is 10.5 Å². The lowest BCUT2D eigenvalue weighted by atomic mass is 9.86. The molecule has 0 aliphatic carbocycles. The monoisotopic (exact) mass is 441 g/mol. The topological polar surface area (TPSA) is 58.8 Å². The molecule has 0 radical (unpaired) electrons. The van der Waals surface area contributed by atoms with Crippen LogP contribution in [0.25, 0.3) is 0 Å². The molecule has 4 rings (SSSR count). The quantitative estimate of drug-likeness (QED) is 0.749. The number of halogens is 1. The van der Waals surface area contributed by atoms with E-state index in [1.807, 2.05) is 17.0 Å². The van der Waals surface area contributed by atoms with E-state index in [9.17, 15) is 4.79 Å². The summed E-state index contributed by atoms with van der Waals surface area (Å²) in [7, 11) is 0. The van der Waals surface area contributed by atoms with E-state index in [4.69, 9.17) is 22.1 Å². The van der Waals surface area contributed by atoms with Gasteiger partial charge >= 0.3 is 0 Å². The molecular weight excluding hydrogens is 410 g/mol. The van der Waals surface area contributed by atoms with Gasteiger partial charge < -0.3 is 15.4 Å². The summed E-state index contributed by atoms with van der Waals surface area (Å²) in [5.41, 5.74) is 10.2. The predicted molar refractivity (Wildman–Crippen MR) is 125 cm³/mol. The van der Waals surface area contributed by atoms with Crippen LogP contribution >= 0.6 is 11.6 Å². The first kappa shape index (κ1) is 22.1. The van der Waals surface area contributed by atoms with Gasteiger partial charge in [-0.15, -0.1) is 0 Å². The summed E-state index contributed by atoms with van der Waals surface area (Å²) in [6.07, 6.45) is 3.47. The number of piperidine rings is 1. The molecule has 2 heterocycles. The van der Waals surface area contributed by atoms with Crippen molar-refractivity contribution in [1.29, 1.82) is 0 Å². The van der Waals surface area contributed by atoms with Gasteiger partial charge in [0, 0.05) is 48.8 Å². The Morgan fingerprint density at radius 1 is 1.10 bits per heavy atom. The Hall–Kier alpha value is -2.08. The van der Waals surface area contributed by atoms with Crippen LogP contribution in [-0.4, -0.2) is 54.5 Å². The van der Waals surface area contributed by atoms with Gasteiger partial charge in [0.2, 0.25) is 0 Å². The summed E-state index contributed by atoms with van der Waals surface area (Å²) in [6.45, 7) is 7.83. The average Bonchev–Trinajstić information content (AvgIpc) is 2.79. The molecule has 31 heavy (non-hydrogen) atoms. The van der Waals surface area contributed by atoms with Crippen LogP contribution in [0.5, 0.6) is 5.75 Å². The minimum atomic E-state index is 0.104. The third-order valence-electron chi connectivity index (χ3n) is 6.84. The standard InChI is InChI=1S/C25H32ClN3O2/c1-17-18(2)24(31-15-12-27)11-10-22(17)23-5-3-4-21-16-28(13-14-29(21)23)25(30)19-6-8-20(26)9-7-19/h6-11,21,23H,3-5,12-16,27H2,1-2H3/t21-,23?/m0/s1. The van der Waals surface area contributed by atoms with Gasteiger partial charge in [-0.1, -0.05) is 17.7 Å². The number of hydrogen-bond acceptors (Lipinski definition) is 4. The van der Waals surface area contributed by atoms with Crippen LogP contribution in [0.4, 0.5) is 0 Å². The van der Waals surface area contributed by atoms with Gasteiger partial charge in [0.05, 0.1) is 0 Å². The maximum atomic E-state index is 13.0. The van der Waals surface area contributed by atoms with Crippen molar-refractivity contribution >= 4 is 17.5 Å². The number of fused-ring (bicyclic) bond motifs is 1. The third-order valence-corrected chi connectivity index (χ3v) is 7.09. The fourth-order valence-corrected chi connectivity index (χ4v) is 5.17. The van der Waals surface area contributed by atoms with Gasteiger partial charge in [-0.3, -0.25) is 9.69 Å². The first-order valence-corrected chi connectivity index (χ1v) is 11.6. The van der Waals surface area contributed by atoms with Gasteiger partial charge in [-0.05, 0) is 80.1 Å². The first-order chi connectivity index (χ1) is 15.0. The van der Waals surface area contributed by atoms with Crippen LogP contribution in [-0.2, 0) is 0 Å². The van der Waals surface area contributed by atoms with Crippen molar-refractivity contribution in [3.63, 3.8) is 0 Å². The van der Waals surface area contributed by atoms with E-state index in [0.717, 1.165) is 38.2 Å². The van der Waals surface area contributed by atoms with E-state index in [1.54, 1.807) is 12.1 Å². The van der Waals surface area contributed by atoms with Crippen LogP contribution in [0.3, 0.4) is 0 Å². The van der Waals surface area contributed by atoms with Gasteiger partial charge in [-0.2, -0.15) is 0 Å². The fourth-order valence-electron chi connectivity index (χ4n) is 5.05. The van der Waals surface area contributed by atoms with E-state index in [2.05, 4.69) is 30.9 Å². The van der Waals surface area contributed by atoms with E-state index >= 15 is 0 Å². The van der Waals surface area contributed by atoms with Crippen molar-refractivity contribution in [1.82, 2.24) is 9.80 Å². The Bertz CT molecular complexity index is 931. The number of carbonyl (C=O) groups is 1. The smallest absolute Gasteiger partial charge is 0.253 e. The molecule has 2 N–H and O–H groups in total. The number of nitrogens with zero attached hydrogens (tertiary/aromatic N) is 2. The molecule has 2 aromatic rings. The summed E-state index contributed by atoms with van der Waals surface area (Å²) in [4.78, 5) is 17.6. The number of rotatable bonds is 5. The fraction of sp³-hybridized carbons (Fsp3) is 0.480. The Kier molecular flexibility index (Phi) is 6.85. The first-order valence-electron chi connectivity index (χ1n) is 11.2. The summed E-state index contributed by atoms with van der Waals surface area (Å²) in [5, 5.41) is 0.654. The van der Waals surface area contributed by atoms with Gasteiger partial charge in [0.1, 0.15) is 12.4 Å². The summed E-state index contributed by atoms with van der Waals surface area (Å²) in [5.74, 6) is 1.03. The number of benzene rings is 2. The van der Waals surface area contributed by atoms with Crippen LogP contribution in [0.1, 0.15) is 52.4 Å². The molecule has 2 aliphatic rings. The Balaban J connectivity index is 1.49. The molecule has 1 unspecified atom stereocenters. The van der Waals surface area contributed by atoms with E-state index in [1.165, 1.54) is 23.1 Å². The van der Waals surface area contributed by atoms with Gasteiger partial charge in [-0.25, -0.2) is 0 Å². The maximum Gasteiger partial charge on any atom is 0.253 e. The normalized spacial score (nSPS) is 21.6. The zero-order valence-corrected chi connectivity index (χ0v) is 19.2. The number of piperazine rings is 1. The molecule has 1 amide bonds. The zero-order chi connectivity index (χ0) is 22.0. The zero-order valence-electron chi connectivity index (χ0n) is 18.4. The number of nitrogens with two attached hydrogens (primary N) is 1. The summed E-state index contributed by atoms with van der Waals surface area (Å²) >= 11 is 5.98. The minimum absolute atomic E-state index is 0.104. The lowest BCUT2D eigenvalue weighted by Gasteiger charge is -2.48. The van der Waals surface area contributed by atoms with Crippen molar-refractivity contribution in [3.05, 3.63) is 63.7 Å². The number of amides is 1. The average molecular weight is 442 g/mol. The molecule has 0 saturated carbocycles. The van der Waals surface area contributed by atoms with E-state index in [0.29, 0.717) is 35.8 Å². The SMILES string of the molecule is Cc1c(OCCN)ccc(C2CCC[C@H]3CN(C(=O)c4ccc(Cl)cc4)CCN23)c1C. The van der Waals surface area contributed by atoms with Crippen LogP contribution in [0.15, 0.2) is 36.4 Å². The Morgan fingerprint density at radius 2 is 1.87 bits per heavy atom. The highest BCUT2D eigenvalue weighted by Crippen LogP contribution is 2.39. The molecule has 6 heteroatoms. The van der Waals surface area contributed by atoms with Crippen molar-refractivity contribution < 1.29 is 9.53 Å². The maximum absolute atomic E-state index is 13.0. The van der Waals surface area contributed by atoms with Crippen molar-refractivity contribution in [2.45, 2.75) is 45.2 Å². The predicted octanol–water partition coefficient (Wildman–Crippen LogP) is 4.35. The molecule has 0 spiro atoms. The lowest BCUT2D eigenvalue weighted by molar-refractivity contribution is 0.0101. The number of carbonyl (C=O) groups excluding carboxylic acids is 1. The minimum Gasteiger partial charge on any atom is -0.492 e. The highest BCUT2D eigenvalue weighted by atomic mass is 35.5. The van der Waals surface area contributed by atoms with Crippen LogP contribution in [0, 0.1) is 13.8 Å². The molecule has 166 valence electrons.